The number of rotatable bonds is 3. The largest absolute Gasteiger partial charge is 0.454 e. The summed E-state index contributed by atoms with van der Waals surface area (Å²) in [5.41, 5.74) is 0.611. The summed E-state index contributed by atoms with van der Waals surface area (Å²) in [6, 6.07) is 5.68. The predicted molar refractivity (Wildman–Crippen MR) is 72.4 cm³/mol. The molecule has 3 rings (SSSR count). The van der Waals surface area contributed by atoms with Gasteiger partial charge in [0, 0.05) is 16.1 Å². The zero-order valence-electron chi connectivity index (χ0n) is 10.4. The van der Waals surface area contributed by atoms with Crippen molar-refractivity contribution in [2.75, 3.05) is 12.5 Å². The van der Waals surface area contributed by atoms with Gasteiger partial charge in [0.15, 0.2) is 11.5 Å². The summed E-state index contributed by atoms with van der Waals surface area (Å²) < 4.78 is 33.7. The molecule has 1 heterocycles. The zero-order chi connectivity index (χ0) is 13.5. The van der Waals surface area contributed by atoms with Crippen molar-refractivity contribution in [2.24, 2.45) is 0 Å². The summed E-state index contributed by atoms with van der Waals surface area (Å²) in [6.45, 7) is 0.222. The van der Waals surface area contributed by atoms with Gasteiger partial charge < -0.3 is 9.47 Å². The van der Waals surface area contributed by atoms with E-state index in [1.165, 1.54) is 0 Å². The Bertz CT molecular complexity index is 591. The first kappa shape index (κ1) is 13.1. The van der Waals surface area contributed by atoms with Crippen LogP contribution in [-0.2, 0) is 14.5 Å². The molecule has 0 bridgehead atoms. The Kier molecular flexibility index (Phi) is 3.14. The van der Waals surface area contributed by atoms with E-state index in [0.717, 1.165) is 31.2 Å². The molecule has 2 aliphatic rings. The van der Waals surface area contributed by atoms with Gasteiger partial charge in [-0.05, 0) is 30.5 Å². The van der Waals surface area contributed by atoms with E-state index in [1.807, 2.05) is 18.2 Å². The molecule has 1 aromatic rings. The maximum atomic E-state index is 11.5. The van der Waals surface area contributed by atoms with E-state index in [1.54, 1.807) is 0 Å². The highest BCUT2D eigenvalue weighted by Gasteiger charge is 2.40. The minimum Gasteiger partial charge on any atom is -0.454 e. The highest BCUT2D eigenvalue weighted by Crippen LogP contribution is 2.45. The first-order valence-corrected chi connectivity index (χ1v) is 8.79. The fourth-order valence-electron chi connectivity index (χ4n) is 3.12. The lowest BCUT2D eigenvalue weighted by Gasteiger charge is -2.28. The van der Waals surface area contributed by atoms with Crippen molar-refractivity contribution in [1.29, 1.82) is 0 Å². The monoisotopic (exact) mass is 302 g/mol. The Morgan fingerprint density at radius 2 is 1.84 bits per heavy atom. The lowest BCUT2D eigenvalue weighted by atomic mass is 9.80. The van der Waals surface area contributed by atoms with Gasteiger partial charge in [0.25, 0.3) is 0 Å². The van der Waals surface area contributed by atoms with Gasteiger partial charge in [-0.1, -0.05) is 18.9 Å². The molecule has 104 valence electrons. The molecule has 0 N–H and O–H groups in total. The van der Waals surface area contributed by atoms with E-state index in [2.05, 4.69) is 0 Å². The van der Waals surface area contributed by atoms with E-state index in [4.69, 9.17) is 20.2 Å². The molecular formula is C13H15ClO4S. The summed E-state index contributed by atoms with van der Waals surface area (Å²) in [7, 11) is 1.96. The standard InChI is InChI=1S/C13H15ClO4S/c14-19(15,16)8-13(5-1-2-6-13)10-3-4-11-12(7-10)18-9-17-11/h3-4,7H,1-2,5-6,8-9H2. The lowest BCUT2D eigenvalue weighted by molar-refractivity contribution is 0.174. The molecule has 1 saturated carbocycles. The average Bonchev–Trinajstić information content (AvgIpc) is 2.94. The van der Waals surface area contributed by atoms with Crippen LogP contribution in [-0.4, -0.2) is 21.0 Å². The number of hydrogen-bond donors (Lipinski definition) is 0. The van der Waals surface area contributed by atoms with Gasteiger partial charge in [0.2, 0.25) is 15.8 Å². The molecule has 0 spiro atoms. The SMILES string of the molecule is O=S(=O)(Cl)CC1(c2ccc3c(c2)OCO3)CCCC1. The molecule has 6 heteroatoms. The third-order valence-electron chi connectivity index (χ3n) is 3.99. The van der Waals surface area contributed by atoms with Gasteiger partial charge >= 0.3 is 0 Å². The number of fused-ring (bicyclic) bond motifs is 1. The van der Waals surface area contributed by atoms with Crippen LogP contribution >= 0.6 is 10.7 Å². The Morgan fingerprint density at radius 3 is 2.53 bits per heavy atom. The maximum absolute atomic E-state index is 11.5. The number of benzene rings is 1. The van der Waals surface area contributed by atoms with Crippen LogP contribution in [0, 0.1) is 0 Å². The van der Waals surface area contributed by atoms with Gasteiger partial charge in [-0.3, -0.25) is 0 Å². The molecule has 1 aliphatic carbocycles. The Hall–Kier alpha value is -0.940. The van der Waals surface area contributed by atoms with E-state index in [9.17, 15) is 8.42 Å². The average molecular weight is 303 g/mol. The topological polar surface area (TPSA) is 52.6 Å². The van der Waals surface area contributed by atoms with E-state index in [-0.39, 0.29) is 18.0 Å². The zero-order valence-corrected chi connectivity index (χ0v) is 12.0. The normalized spacial score (nSPS) is 20.7. The molecule has 19 heavy (non-hydrogen) atoms. The van der Waals surface area contributed by atoms with Crippen LogP contribution in [0.4, 0.5) is 0 Å². The molecule has 1 aromatic carbocycles. The fourth-order valence-corrected chi connectivity index (χ4v) is 4.87. The minimum absolute atomic E-state index is 0.0127. The number of halogens is 1. The molecule has 1 fully saturated rings. The van der Waals surface area contributed by atoms with Crippen molar-refractivity contribution in [3.05, 3.63) is 23.8 Å². The first-order chi connectivity index (χ1) is 8.99. The summed E-state index contributed by atoms with van der Waals surface area (Å²) in [5.74, 6) is 1.39. The van der Waals surface area contributed by atoms with Crippen LogP contribution in [0.1, 0.15) is 31.2 Å². The molecule has 0 amide bonds. The van der Waals surface area contributed by atoms with Crippen LogP contribution in [0.25, 0.3) is 0 Å². The van der Waals surface area contributed by atoms with E-state index in [0.29, 0.717) is 11.5 Å². The third-order valence-corrected chi connectivity index (χ3v) is 5.22. The molecule has 0 unspecified atom stereocenters. The number of ether oxygens (including phenoxy) is 2. The quantitative estimate of drug-likeness (QED) is 0.806. The van der Waals surface area contributed by atoms with Crippen LogP contribution in [0.5, 0.6) is 11.5 Å². The Balaban J connectivity index is 2.00. The second-order valence-corrected chi connectivity index (χ2v) is 8.02. The van der Waals surface area contributed by atoms with Crippen LogP contribution in [0.2, 0.25) is 0 Å². The van der Waals surface area contributed by atoms with Crippen molar-refractivity contribution in [2.45, 2.75) is 31.1 Å². The van der Waals surface area contributed by atoms with Crippen LogP contribution < -0.4 is 9.47 Å². The van der Waals surface area contributed by atoms with Crippen molar-refractivity contribution in [1.82, 2.24) is 0 Å². The second-order valence-electron chi connectivity index (χ2n) is 5.24. The first-order valence-electron chi connectivity index (χ1n) is 6.31. The van der Waals surface area contributed by atoms with Crippen molar-refractivity contribution in [3.63, 3.8) is 0 Å². The maximum Gasteiger partial charge on any atom is 0.233 e. The Morgan fingerprint density at radius 1 is 1.16 bits per heavy atom. The van der Waals surface area contributed by atoms with Crippen LogP contribution in [0.15, 0.2) is 18.2 Å². The molecule has 0 atom stereocenters. The second kappa shape index (κ2) is 4.56. The molecule has 0 aromatic heterocycles. The highest BCUT2D eigenvalue weighted by molar-refractivity contribution is 8.13. The summed E-state index contributed by atoms with van der Waals surface area (Å²) in [5, 5.41) is 0. The van der Waals surface area contributed by atoms with Crippen molar-refractivity contribution in [3.8, 4) is 11.5 Å². The van der Waals surface area contributed by atoms with Gasteiger partial charge in [-0.2, -0.15) is 0 Å². The van der Waals surface area contributed by atoms with Crippen molar-refractivity contribution >= 4 is 19.7 Å². The smallest absolute Gasteiger partial charge is 0.233 e. The van der Waals surface area contributed by atoms with Gasteiger partial charge in [0.05, 0.1) is 5.75 Å². The summed E-state index contributed by atoms with van der Waals surface area (Å²) >= 11 is 0. The fraction of sp³-hybridized carbons (Fsp3) is 0.538. The predicted octanol–water partition coefficient (Wildman–Crippen LogP) is 2.80. The van der Waals surface area contributed by atoms with Gasteiger partial charge in [-0.15, -0.1) is 0 Å². The highest BCUT2D eigenvalue weighted by atomic mass is 35.7. The van der Waals surface area contributed by atoms with Gasteiger partial charge in [0.1, 0.15) is 0 Å². The minimum atomic E-state index is -3.53. The molecule has 0 radical (unpaired) electrons. The Labute approximate surface area is 117 Å². The lowest BCUT2D eigenvalue weighted by Crippen LogP contribution is -2.30. The van der Waals surface area contributed by atoms with Crippen LogP contribution in [0.3, 0.4) is 0 Å². The van der Waals surface area contributed by atoms with Gasteiger partial charge in [-0.25, -0.2) is 8.42 Å². The van der Waals surface area contributed by atoms with Crippen molar-refractivity contribution < 1.29 is 17.9 Å². The number of hydrogen-bond acceptors (Lipinski definition) is 4. The summed E-state index contributed by atoms with van der Waals surface area (Å²) in [6.07, 6.45) is 3.75. The van der Waals surface area contributed by atoms with E-state index < -0.39 is 9.05 Å². The summed E-state index contributed by atoms with van der Waals surface area (Å²) in [4.78, 5) is 0. The van der Waals surface area contributed by atoms with E-state index >= 15 is 0 Å². The third kappa shape index (κ3) is 2.54. The molecule has 1 aliphatic heterocycles. The molecule has 0 saturated heterocycles. The molecular weight excluding hydrogens is 288 g/mol. The molecule has 4 nitrogen and oxygen atoms in total.